The number of unbranched alkanes of at least 4 members (excludes halogenated alkanes) is 3. The zero-order valence-electron chi connectivity index (χ0n) is 13.5. The molecule has 1 aromatic rings. The van der Waals surface area contributed by atoms with Crippen LogP contribution in [0.3, 0.4) is 0 Å². The Morgan fingerprint density at radius 3 is 2.57 bits per heavy atom. The van der Waals surface area contributed by atoms with Crippen molar-refractivity contribution in [3.05, 3.63) is 28.5 Å². The first-order valence-corrected chi connectivity index (χ1v) is 8.20. The second-order valence-electron chi connectivity index (χ2n) is 5.82. The maximum atomic E-state index is 12.2. The molecule has 1 heterocycles. The van der Waals surface area contributed by atoms with Gasteiger partial charge in [-0.1, -0.05) is 51.6 Å². The predicted octanol–water partition coefficient (Wildman–Crippen LogP) is 5.37. The minimum atomic E-state index is -0.316. The van der Waals surface area contributed by atoms with Crippen molar-refractivity contribution in [3.8, 4) is 0 Å². The topological polar surface area (TPSA) is 39.2 Å². The first-order chi connectivity index (χ1) is 9.93. The quantitative estimate of drug-likeness (QED) is 0.368. The Kier molecular flexibility index (Phi) is 7.73. The largest absolute Gasteiger partial charge is 0.459 e. The zero-order chi connectivity index (χ0) is 15.8. The number of rotatable bonds is 8. The van der Waals surface area contributed by atoms with Crippen LogP contribution >= 0.6 is 11.6 Å². The van der Waals surface area contributed by atoms with E-state index in [0.717, 1.165) is 18.5 Å². The maximum Gasteiger partial charge on any atom is 0.338 e. The lowest BCUT2D eigenvalue weighted by molar-refractivity contribution is 0.0319. The van der Waals surface area contributed by atoms with Gasteiger partial charge in [0, 0.05) is 5.69 Å². The van der Waals surface area contributed by atoms with Crippen LogP contribution in [-0.2, 0) is 4.74 Å². The third kappa shape index (κ3) is 6.47. The van der Waals surface area contributed by atoms with Crippen molar-refractivity contribution in [2.24, 2.45) is 0 Å². The molecule has 0 aromatic carbocycles. The maximum absolute atomic E-state index is 12.2. The molecule has 1 aromatic heterocycles. The Labute approximate surface area is 133 Å². The van der Waals surface area contributed by atoms with Gasteiger partial charge < -0.3 is 4.74 Å². The van der Waals surface area contributed by atoms with Crippen LogP contribution in [0.25, 0.3) is 0 Å². The monoisotopic (exact) mass is 311 g/mol. The van der Waals surface area contributed by atoms with Gasteiger partial charge >= 0.3 is 5.97 Å². The molecule has 0 N–H and O–H groups in total. The van der Waals surface area contributed by atoms with Gasteiger partial charge in [-0.05, 0) is 37.8 Å². The molecule has 0 saturated carbocycles. The molecule has 0 radical (unpaired) electrons. The molecule has 4 heteroatoms. The third-order valence-electron chi connectivity index (χ3n) is 3.41. The van der Waals surface area contributed by atoms with Crippen molar-refractivity contribution in [2.45, 2.75) is 71.8 Å². The predicted molar refractivity (Wildman–Crippen MR) is 87.0 cm³/mol. The minimum absolute atomic E-state index is 0.0659. The Bertz CT molecular complexity index is 460. The summed E-state index contributed by atoms with van der Waals surface area (Å²) in [6.07, 6.45) is 5.57. The molecule has 0 bridgehead atoms. The number of halogens is 1. The Morgan fingerprint density at radius 1 is 1.24 bits per heavy atom. The van der Waals surface area contributed by atoms with E-state index in [1.54, 1.807) is 12.1 Å². The SMILES string of the molecule is CCCCCCC(C)OC(=O)c1cc(Cl)nc(C(C)C)c1. The molecule has 0 saturated heterocycles. The fourth-order valence-corrected chi connectivity index (χ4v) is 2.31. The van der Waals surface area contributed by atoms with Crippen molar-refractivity contribution in [3.63, 3.8) is 0 Å². The number of aromatic nitrogens is 1. The molecule has 0 amide bonds. The molecule has 1 rings (SSSR count). The standard InChI is InChI=1S/C17H26ClNO2/c1-5-6-7-8-9-13(4)21-17(20)14-10-15(12(2)3)19-16(18)11-14/h10-13H,5-9H2,1-4H3. The fourth-order valence-electron chi connectivity index (χ4n) is 2.10. The Balaban J connectivity index is 2.58. The summed E-state index contributed by atoms with van der Waals surface area (Å²) in [6, 6.07) is 3.34. The summed E-state index contributed by atoms with van der Waals surface area (Å²) in [4.78, 5) is 16.4. The number of ether oxygens (including phenoxy) is 1. The molecule has 118 valence electrons. The Morgan fingerprint density at radius 2 is 1.95 bits per heavy atom. The smallest absolute Gasteiger partial charge is 0.338 e. The molecule has 0 fully saturated rings. The summed E-state index contributed by atoms with van der Waals surface area (Å²) in [5, 5.41) is 0.337. The summed E-state index contributed by atoms with van der Waals surface area (Å²) in [7, 11) is 0. The highest BCUT2D eigenvalue weighted by Gasteiger charge is 2.15. The number of pyridine rings is 1. The van der Waals surface area contributed by atoms with E-state index in [2.05, 4.69) is 11.9 Å². The lowest BCUT2D eigenvalue weighted by atomic mass is 10.1. The molecule has 21 heavy (non-hydrogen) atoms. The normalized spacial score (nSPS) is 12.5. The van der Waals surface area contributed by atoms with Gasteiger partial charge in [-0.15, -0.1) is 0 Å². The van der Waals surface area contributed by atoms with Crippen molar-refractivity contribution in [1.82, 2.24) is 4.98 Å². The van der Waals surface area contributed by atoms with Gasteiger partial charge in [0.05, 0.1) is 11.7 Å². The highest BCUT2D eigenvalue weighted by molar-refractivity contribution is 6.29. The van der Waals surface area contributed by atoms with Crippen molar-refractivity contribution >= 4 is 17.6 Å². The van der Waals surface area contributed by atoms with E-state index in [0.29, 0.717) is 10.7 Å². The number of carbonyl (C=O) groups is 1. The highest BCUT2D eigenvalue weighted by Crippen LogP contribution is 2.19. The van der Waals surface area contributed by atoms with Gasteiger partial charge in [0.15, 0.2) is 0 Å². The van der Waals surface area contributed by atoms with E-state index >= 15 is 0 Å². The van der Waals surface area contributed by atoms with Gasteiger partial charge in [-0.25, -0.2) is 9.78 Å². The van der Waals surface area contributed by atoms with Crippen LogP contribution in [0.1, 0.15) is 81.8 Å². The average Bonchev–Trinajstić information content (AvgIpc) is 2.42. The lowest BCUT2D eigenvalue weighted by Crippen LogP contribution is -2.15. The first kappa shape index (κ1) is 18.0. The van der Waals surface area contributed by atoms with Crippen LogP contribution in [0.4, 0.5) is 0 Å². The van der Waals surface area contributed by atoms with Crippen LogP contribution in [0.5, 0.6) is 0 Å². The molecule has 1 atom stereocenters. The summed E-state index contributed by atoms with van der Waals surface area (Å²) in [6.45, 7) is 8.16. The molecule has 0 spiro atoms. The van der Waals surface area contributed by atoms with Crippen LogP contribution in [-0.4, -0.2) is 17.1 Å². The number of hydrogen-bond donors (Lipinski definition) is 0. The van der Waals surface area contributed by atoms with Crippen LogP contribution in [0.15, 0.2) is 12.1 Å². The Hall–Kier alpha value is -1.09. The molecular weight excluding hydrogens is 286 g/mol. The summed E-state index contributed by atoms with van der Waals surface area (Å²) in [5.41, 5.74) is 1.30. The summed E-state index contributed by atoms with van der Waals surface area (Å²) >= 11 is 5.97. The second kappa shape index (κ2) is 9.04. The molecule has 0 aliphatic carbocycles. The summed E-state index contributed by atoms with van der Waals surface area (Å²) in [5.74, 6) is -0.0918. The van der Waals surface area contributed by atoms with Gasteiger partial charge in [0.1, 0.15) is 5.15 Å². The minimum Gasteiger partial charge on any atom is -0.459 e. The molecule has 0 aliphatic heterocycles. The van der Waals surface area contributed by atoms with E-state index in [-0.39, 0.29) is 18.0 Å². The van der Waals surface area contributed by atoms with Crippen molar-refractivity contribution < 1.29 is 9.53 Å². The van der Waals surface area contributed by atoms with Crippen LogP contribution in [0, 0.1) is 0 Å². The van der Waals surface area contributed by atoms with E-state index in [4.69, 9.17) is 16.3 Å². The van der Waals surface area contributed by atoms with E-state index in [9.17, 15) is 4.79 Å². The van der Waals surface area contributed by atoms with Gasteiger partial charge in [0.2, 0.25) is 0 Å². The number of nitrogens with zero attached hydrogens (tertiary/aromatic N) is 1. The number of carbonyl (C=O) groups excluding carboxylic acids is 1. The van der Waals surface area contributed by atoms with Gasteiger partial charge in [-0.2, -0.15) is 0 Å². The lowest BCUT2D eigenvalue weighted by Gasteiger charge is -2.14. The second-order valence-corrected chi connectivity index (χ2v) is 6.21. The van der Waals surface area contributed by atoms with Crippen molar-refractivity contribution in [2.75, 3.05) is 0 Å². The van der Waals surface area contributed by atoms with E-state index in [1.807, 2.05) is 20.8 Å². The molecule has 3 nitrogen and oxygen atoms in total. The number of hydrogen-bond acceptors (Lipinski definition) is 3. The van der Waals surface area contributed by atoms with Crippen LogP contribution in [0.2, 0.25) is 5.15 Å². The zero-order valence-corrected chi connectivity index (χ0v) is 14.2. The summed E-state index contributed by atoms with van der Waals surface area (Å²) < 4.78 is 5.48. The third-order valence-corrected chi connectivity index (χ3v) is 3.61. The van der Waals surface area contributed by atoms with Gasteiger partial charge in [0.25, 0.3) is 0 Å². The fraction of sp³-hybridized carbons (Fsp3) is 0.647. The molecule has 0 aliphatic rings. The molecule has 1 unspecified atom stereocenters. The highest BCUT2D eigenvalue weighted by atomic mass is 35.5. The molecular formula is C17H26ClNO2. The van der Waals surface area contributed by atoms with Crippen LogP contribution < -0.4 is 0 Å². The van der Waals surface area contributed by atoms with Crippen molar-refractivity contribution in [1.29, 1.82) is 0 Å². The van der Waals surface area contributed by atoms with E-state index in [1.165, 1.54) is 19.3 Å². The van der Waals surface area contributed by atoms with Gasteiger partial charge in [-0.3, -0.25) is 0 Å². The first-order valence-electron chi connectivity index (χ1n) is 7.82. The average molecular weight is 312 g/mol. The van der Waals surface area contributed by atoms with E-state index < -0.39 is 0 Å². The number of esters is 1.